The summed E-state index contributed by atoms with van der Waals surface area (Å²) in [5.41, 5.74) is 15.9. The molecule has 4 aromatic rings. The summed E-state index contributed by atoms with van der Waals surface area (Å²) >= 11 is 12.2. The number of hydrogen-bond acceptors (Lipinski definition) is 7. The lowest BCUT2D eigenvalue weighted by molar-refractivity contribution is 0.0950. The highest BCUT2D eigenvalue weighted by molar-refractivity contribution is 7.86. The van der Waals surface area contributed by atoms with Crippen LogP contribution in [0.5, 0.6) is 0 Å². The Labute approximate surface area is 229 Å². The molecule has 1 heterocycles. The summed E-state index contributed by atoms with van der Waals surface area (Å²) in [6, 6.07) is 17.5. The van der Waals surface area contributed by atoms with E-state index < -0.39 is 21.0 Å². The van der Waals surface area contributed by atoms with Gasteiger partial charge >= 0.3 is 10.2 Å². The number of carbonyl (C=O) groups excluding carboxylic acids is 1. The van der Waals surface area contributed by atoms with Crippen molar-refractivity contribution in [2.45, 2.75) is 24.3 Å². The number of nitrogens with two attached hydrogens (primary N) is 2. The Hall–Kier alpha value is -3.73. The van der Waals surface area contributed by atoms with Crippen molar-refractivity contribution in [2.75, 3.05) is 11.5 Å². The number of amides is 1. The van der Waals surface area contributed by atoms with Gasteiger partial charge in [-0.25, -0.2) is 4.98 Å². The van der Waals surface area contributed by atoms with E-state index in [1.807, 2.05) is 24.3 Å². The molecule has 0 aliphatic rings. The number of rotatable bonds is 8. The minimum absolute atomic E-state index is 0.0431. The van der Waals surface area contributed by atoms with E-state index in [4.69, 9.17) is 34.7 Å². The largest absolute Gasteiger partial charge is 0.383 e. The van der Waals surface area contributed by atoms with Gasteiger partial charge in [0.15, 0.2) is 0 Å². The van der Waals surface area contributed by atoms with Gasteiger partial charge in [-0.1, -0.05) is 59.6 Å². The summed E-state index contributed by atoms with van der Waals surface area (Å²) < 4.78 is 35.4. The lowest BCUT2D eigenvalue weighted by Crippen LogP contribution is -2.22. The van der Waals surface area contributed by atoms with Crippen molar-refractivity contribution in [1.82, 2.24) is 15.3 Å². The van der Waals surface area contributed by atoms with Crippen molar-refractivity contribution >= 4 is 51.1 Å². The third kappa shape index (κ3) is 6.58. The molecule has 0 fully saturated rings. The third-order valence-electron chi connectivity index (χ3n) is 5.74. The summed E-state index contributed by atoms with van der Waals surface area (Å²) in [5.74, 6) is -0.206. The maximum atomic E-state index is 13.2. The molecule has 1 amide bonds. The number of aromatic nitrogens is 2. The molecule has 4 rings (SSSR count). The third-order valence-corrected chi connectivity index (χ3v) is 7.30. The topological polar surface area (TPSA) is 141 Å². The number of nitrogens with zero attached hydrogens (tertiary/aromatic N) is 2. The van der Waals surface area contributed by atoms with Crippen LogP contribution in [0.15, 0.2) is 71.6 Å². The SMILES string of the molecule is Nc1nc(N)c(-c2ccc(Cl)c(Cl)c2)c(CCc2ccc(CNC(=O)c3cccc(S(=O)(=O)F)c3)cc2)n1. The Kier molecular flexibility index (Phi) is 8.15. The zero-order chi connectivity index (χ0) is 27.4. The number of nitrogen functional groups attached to an aromatic ring is 2. The lowest BCUT2D eigenvalue weighted by Gasteiger charge is -2.13. The number of aryl methyl sites for hydroxylation is 2. The lowest BCUT2D eigenvalue weighted by atomic mass is 9.99. The molecular formula is C26H22Cl2FN5O3S. The van der Waals surface area contributed by atoms with Gasteiger partial charge in [-0.2, -0.15) is 13.4 Å². The first-order valence-corrected chi connectivity index (χ1v) is 13.4. The van der Waals surface area contributed by atoms with Crippen LogP contribution in [-0.2, 0) is 29.6 Å². The first-order chi connectivity index (χ1) is 18.0. The van der Waals surface area contributed by atoms with Crippen molar-refractivity contribution in [2.24, 2.45) is 0 Å². The Balaban J connectivity index is 1.42. The van der Waals surface area contributed by atoms with Gasteiger partial charge in [0.25, 0.3) is 5.91 Å². The molecular weight excluding hydrogens is 552 g/mol. The van der Waals surface area contributed by atoms with E-state index in [1.54, 1.807) is 18.2 Å². The fourth-order valence-corrected chi connectivity index (χ4v) is 4.66. The molecule has 0 spiro atoms. The minimum atomic E-state index is -4.90. The minimum Gasteiger partial charge on any atom is -0.383 e. The number of halogens is 3. The van der Waals surface area contributed by atoms with E-state index in [-0.39, 0.29) is 23.9 Å². The number of hydrogen-bond donors (Lipinski definition) is 3. The van der Waals surface area contributed by atoms with Crippen LogP contribution in [0.25, 0.3) is 11.1 Å². The average Bonchev–Trinajstić information content (AvgIpc) is 2.87. The zero-order valence-corrected chi connectivity index (χ0v) is 22.1. The number of benzene rings is 3. The molecule has 0 bridgehead atoms. The van der Waals surface area contributed by atoms with E-state index >= 15 is 0 Å². The molecule has 0 saturated heterocycles. The van der Waals surface area contributed by atoms with Gasteiger partial charge in [0.2, 0.25) is 5.95 Å². The van der Waals surface area contributed by atoms with Crippen LogP contribution in [0.3, 0.4) is 0 Å². The first-order valence-electron chi connectivity index (χ1n) is 11.3. The van der Waals surface area contributed by atoms with Gasteiger partial charge in [-0.3, -0.25) is 4.79 Å². The van der Waals surface area contributed by atoms with Gasteiger partial charge in [0, 0.05) is 17.7 Å². The van der Waals surface area contributed by atoms with E-state index in [2.05, 4.69) is 15.3 Å². The maximum absolute atomic E-state index is 13.2. The molecule has 3 aromatic carbocycles. The van der Waals surface area contributed by atoms with Crippen molar-refractivity contribution in [1.29, 1.82) is 0 Å². The van der Waals surface area contributed by atoms with Crippen molar-refractivity contribution in [3.63, 3.8) is 0 Å². The normalized spacial score (nSPS) is 11.3. The van der Waals surface area contributed by atoms with E-state index in [0.29, 0.717) is 34.1 Å². The van der Waals surface area contributed by atoms with E-state index in [0.717, 1.165) is 28.8 Å². The fraction of sp³-hybridized carbons (Fsp3) is 0.115. The van der Waals surface area contributed by atoms with Crippen LogP contribution in [0.4, 0.5) is 15.7 Å². The quantitative estimate of drug-likeness (QED) is 0.252. The highest BCUT2D eigenvalue weighted by atomic mass is 35.5. The van der Waals surface area contributed by atoms with Gasteiger partial charge in [0.1, 0.15) is 5.82 Å². The van der Waals surface area contributed by atoms with E-state index in [1.165, 1.54) is 12.1 Å². The summed E-state index contributed by atoms with van der Waals surface area (Å²) in [6.45, 7) is 0.201. The summed E-state index contributed by atoms with van der Waals surface area (Å²) in [6.07, 6.45) is 1.15. The Morgan fingerprint density at radius 2 is 1.61 bits per heavy atom. The van der Waals surface area contributed by atoms with Crippen LogP contribution in [-0.4, -0.2) is 24.3 Å². The molecule has 0 aliphatic heterocycles. The van der Waals surface area contributed by atoms with Gasteiger partial charge in [-0.05, 0) is 59.9 Å². The standard InChI is InChI=1S/C26H22Cl2FN5O3S/c27-20-10-9-17(13-21(20)28)23-22(33-26(31)34-24(23)30)11-8-15-4-6-16(7-5-15)14-32-25(35)18-2-1-3-19(12-18)38(29,36)37/h1-7,9-10,12-13H,8,11,14H2,(H,32,35)(H4,30,31,33,34). The number of nitrogens with one attached hydrogen (secondary N) is 1. The summed E-state index contributed by atoms with van der Waals surface area (Å²) in [5, 5.41) is 3.50. The van der Waals surface area contributed by atoms with Crippen LogP contribution in [0.2, 0.25) is 10.0 Å². The Morgan fingerprint density at radius 3 is 2.29 bits per heavy atom. The zero-order valence-electron chi connectivity index (χ0n) is 19.8. The van der Waals surface area contributed by atoms with Gasteiger partial charge in [-0.15, -0.1) is 3.89 Å². The molecule has 0 unspecified atom stereocenters. The van der Waals surface area contributed by atoms with Gasteiger partial charge in [0.05, 0.1) is 20.6 Å². The number of anilines is 2. The van der Waals surface area contributed by atoms with Crippen molar-refractivity contribution < 1.29 is 17.1 Å². The molecule has 0 saturated carbocycles. The molecule has 196 valence electrons. The average molecular weight is 574 g/mol. The second kappa shape index (κ2) is 11.3. The predicted octanol–water partition coefficient (Wildman–Crippen LogP) is 4.99. The summed E-state index contributed by atoms with van der Waals surface area (Å²) in [7, 11) is -4.90. The molecule has 5 N–H and O–H groups in total. The molecule has 8 nitrogen and oxygen atoms in total. The Morgan fingerprint density at radius 1 is 0.895 bits per heavy atom. The Bertz CT molecular complexity index is 1620. The molecule has 0 atom stereocenters. The van der Waals surface area contributed by atoms with E-state index in [9.17, 15) is 17.1 Å². The highest BCUT2D eigenvalue weighted by Crippen LogP contribution is 2.33. The second-order valence-electron chi connectivity index (χ2n) is 8.38. The summed E-state index contributed by atoms with van der Waals surface area (Å²) in [4.78, 5) is 20.3. The second-order valence-corrected chi connectivity index (χ2v) is 10.5. The number of carbonyl (C=O) groups is 1. The fourth-order valence-electron chi connectivity index (χ4n) is 3.85. The predicted molar refractivity (Wildman–Crippen MR) is 146 cm³/mol. The first kappa shape index (κ1) is 27.3. The monoisotopic (exact) mass is 573 g/mol. The molecule has 12 heteroatoms. The molecule has 0 aliphatic carbocycles. The maximum Gasteiger partial charge on any atom is 0.332 e. The van der Waals surface area contributed by atoms with Crippen LogP contribution in [0, 0.1) is 0 Å². The van der Waals surface area contributed by atoms with Crippen molar-refractivity contribution in [3.8, 4) is 11.1 Å². The van der Waals surface area contributed by atoms with Crippen LogP contribution in [0.1, 0.15) is 27.2 Å². The molecule has 0 radical (unpaired) electrons. The molecule has 38 heavy (non-hydrogen) atoms. The van der Waals surface area contributed by atoms with Crippen LogP contribution >= 0.6 is 23.2 Å². The highest BCUT2D eigenvalue weighted by Gasteiger charge is 2.16. The molecule has 1 aromatic heterocycles. The van der Waals surface area contributed by atoms with Crippen LogP contribution < -0.4 is 16.8 Å². The smallest absolute Gasteiger partial charge is 0.332 e. The van der Waals surface area contributed by atoms with Crippen molar-refractivity contribution in [3.05, 3.63) is 99.2 Å². The van der Waals surface area contributed by atoms with Gasteiger partial charge < -0.3 is 16.8 Å².